The van der Waals surface area contributed by atoms with E-state index >= 15 is 0 Å². The predicted octanol–water partition coefficient (Wildman–Crippen LogP) is 3.31. The number of esters is 1. The Morgan fingerprint density at radius 2 is 2.10 bits per heavy atom. The van der Waals surface area contributed by atoms with Gasteiger partial charge in [0.15, 0.2) is 11.8 Å². The van der Waals surface area contributed by atoms with Crippen molar-refractivity contribution in [3.05, 3.63) is 35.7 Å². The van der Waals surface area contributed by atoms with Crippen LogP contribution < -0.4 is 5.32 Å². The minimum absolute atomic E-state index is 0. The van der Waals surface area contributed by atoms with Gasteiger partial charge >= 0.3 is 5.97 Å². The van der Waals surface area contributed by atoms with Crippen molar-refractivity contribution in [1.82, 2.24) is 20.4 Å². The van der Waals surface area contributed by atoms with Gasteiger partial charge in [0.25, 0.3) is 5.89 Å². The maximum Gasteiger partial charge on any atom is 0.310 e. The van der Waals surface area contributed by atoms with Crippen LogP contribution in [0.2, 0.25) is 0 Å². The molecular formula is C22H32IN5O3. The average Bonchev–Trinajstić information content (AvgIpc) is 3.27. The zero-order valence-electron chi connectivity index (χ0n) is 18.5. The lowest BCUT2D eigenvalue weighted by molar-refractivity contribution is -0.149. The number of hydrogen-bond acceptors (Lipinski definition) is 6. The summed E-state index contributed by atoms with van der Waals surface area (Å²) in [5.74, 6) is 1.91. The molecule has 3 rings (SSSR count). The molecule has 2 heterocycles. The highest BCUT2D eigenvalue weighted by atomic mass is 127. The number of nitrogens with one attached hydrogen (secondary N) is 1. The molecule has 1 aliphatic heterocycles. The molecule has 0 spiro atoms. The summed E-state index contributed by atoms with van der Waals surface area (Å²) >= 11 is 0. The first-order valence-corrected chi connectivity index (χ1v) is 10.7. The van der Waals surface area contributed by atoms with E-state index in [1.54, 1.807) is 7.05 Å². The Hall–Kier alpha value is -2.17. The third kappa shape index (κ3) is 6.91. The van der Waals surface area contributed by atoms with E-state index in [0.717, 1.165) is 50.3 Å². The molecule has 1 atom stereocenters. The quantitative estimate of drug-likeness (QED) is 0.249. The van der Waals surface area contributed by atoms with E-state index in [9.17, 15) is 4.79 Å². The minimum atomic E-state index is -0.106. The molecule has 1 aromatic heterocycles. The Kier molecular flexibility index (Phi) is 10.2. The van der Waals surface area contributed by atoms with Crippen molar-refractivity contribution in [3.8, 4) is 11.5 Å². The molecule has 1 aromatic carbocycles. The largest absolute Gasteiger partial charge is 0.466 e. The molecule has 1 fully saturated rings. The van der Waals surface area contributed by atoms with Crippen molar-refractivity contribution in [2.24, 2.45) is 10.9 Å². The van der Waals surface area contributed by atoms with E-state index in [2.05, 4.69) is 37.5 Å². The number of carbonyl (C=O) groups is 1. The van der Waals surface area contributed by atoms with Crippen LogP contribution in [-0.4, -0.2) is 60.3 Å². The molecule has 0 saturated carbocycles. The molecule has 1 N–H and O–H groups in total. The first-order chi connectivity index (χ1) is 14.6. The van der Waals surface area contributed by atoms with Gasteiger partial charge in [0, 0.05) is 38.7 Å². The van der Waals surface area contributed by atoms with Gasteiger partial charge in [0.1, 0.15) is 0 Å². The van der Waals surface area contributed by atoms with Gasteiger partial charge in [-0.25, -0.2) is 0 Å². The lowest BCUT2D eigenvalue weighted by atomic mass is 9.98. The van der Waals surface area contributed by atoms with Gasteiger partial charge in [-0.1, -0.05) is 24.2 Å². The molecule has 8 nitrogen and oxygen atoms in total. The fourth-order valence-corrected chi connectivity index (χ4v) is 3.60. The van der Waals surface area contributed by atoms with Crippen molar-refractivity contribution < 1.29 is 14.1 Å². The second-order valence-electron chi connectivity index (χ2n) is 7.33. The average molecular weight is 541 g/mol. The van der Waals surface area contributed by atoms with Crippen molar-refractivity contribution in [2.45, 2.75) is 39.5 Å². The molecule has 2 aromatic rings. The summed E-state index contributed by atoms with van der Waals surface area (Å²) in [6.45, 7) is 6.57. The van der Waals surface area contributed by atoms with Crippen LogP contribution in [0.25, 0.3) is 11.5 Å². The van der Waals surface area contributed by atoms with Gasteiger partial charge in [-0.05, 0) is 43.9 Å². The second kappa shape index (κ2) is 12.6. The standard InChI is InChI=1S/C22H31N5O3.HI/c1-4-19-25-20(30-26-19)17-10-8-16(9-11-17)12-13-24-22(23-3)27-14-6-7-18(15-27)21(28)29-5-2;/h8-11,18H,4-7,12-15H2,1-3H3,(H,23,24);1H. The highest BCUT2D eigenvalue weighted by molar-refractivity contribution is 14.0. The normalized spacial score (nSPS) is 16.5. The number of carbonyl (C=O) groups excluding carboxylic acids is 1. The van der Waals surface area contributed by atoms with Crippen LogP contribution >= 0.6 is 24.0 Å². The summed E-state index contributed by atoms with van der Waals surface area (Å²) < 4.78 is 10.5. The number of likely N-dealkylation sites (tertiary alicyclic amines) is 1. The fourth-order valence-electron chi connectivity index (χ4n) is 3.60. The fraction of sp³-hybridized carbons (Fsp3) is 0.545. The van der Waals surface area contributed by atoms with Gasteiger partial charge in [-0.3, -0.25) is 9.79 Å². The highest BCUT2D eigenvalue weighted by Crippen LogP contribution is 2.19. The van der Waals surface area contributed by atoms with Crippen LogP contribution in [0.5, 0.6) is 0 Å². The van der Waals surface area contributed by atoms with Crippen LogP contribution in [0.1, 0.15) is 38.1 Å². The van der Waals surface area contributed by atoms with E-state index in [4.69, 9.17) is 9.26 Å². The van der Waals surface area contributed by atoms with Crippen LogP contribution in [0.3, 0.4) is 0 Å². The smallest absolute Gasteiger partial charge is 0.310 e. The van der Waals surface area contributed by atoms with Gasteiger partial charge in [-0.2, -0.15) is 4.98 Å². The zero-order chi connectivity index (χ0) is 21.3. The number of aryl methyl sites for hydroxylation is 1. The Labute approximate surface area is 200 Å². The number of aromatic nitrogens is 2. The Morgan fingerprint density at radius 3 is 2.74 bits per heavy atom. The molecule has 0 amide bonds. The monoisotopic (exact) mass is 541 g/mol. The van der Waals surface area contributed by atoms with Gasteiger partial charge < -0.3 is 19.5 Å². The van der Waals surface area contributed by atoms with E-state index in [1.165, 1.54) is 5.56 Å². The third-order valence-corrected chi connectivity index (χ3v) is 5.23. The molecule has 9 heteroatoms. The van der Waals surface area contributed by atoms with Crippen molar-refractivity contribution >= 4 is 35.9 Å². The number of ether oxygens (including phenoxy) is 1. The van der Waals surface area contributed by atoms with E-state index < -0.39 is 0 Å². The van der Waals surface area contributed by atoms with Crippen molar-refractivity contribution in [1.29, 1.82) is 0 Å². The molecule has 31 heavy (non-hydrogen) atoms. The van der Waals surface area contributed by atoms with E-state index in [1.807, 2.05) is 26.0 Å². The first kappa shape index (κ1) is 25.1. The minimum Gasteiger partial charge on any atom is -0.466 e. The Bertz CT molecular complexity index is 853. The SMILES string of the molecule is CCOC(=O)C1CCCN(C(=NC)NCCc2ccc(-c3nc(CC)no3)cc2)C1.I. The Morgan fingerprint density at radius 1 is 1.32 bits per heavy atom. The summed E-state index contributed by atoms with van der Waals surface area (Å²) in [5.41, 5.74) is 2.13. The van der Waals surface area contributed by atoms with Gasteiger partial charge in [-0.15, -0.1) is 24.0 Å². The molecule has 1 aliphatic rings. The number of benzene rings is 1. The molecular weight excluding hydrogens is 509 g/mol. The van der Waals surface area contributed by atoms with Crippen LogP contribution in [-0.2, 0) is 22.4 Å². The molecule has 0 aliphatic carbocycles. The number of piperidine rings is 1. The Balaban J connectivity index is 0.00000341. The van der Waals surface area contributed by atoms with Crippen LogP contribution in [0.4, 0.5) is 0 Å². The topological polar surface area (TPSA) is 92.8 Å². The number of aliphatic imine (C=N–C) groups is 1. The maximum absolute atomic E-state index is 12.1. The van der Waals surface area contributed by atoms with Crippen LogP contribution in [0, 0.1) is 5.92 Å². The number of guanidine groups is 1. The number of halogens is 1. The molecule has 0 radical (unpaired) electrons. The first-order valence-electron chi connectivity index (χ1n) is 10.7. The summed E-state index contributed by atoms with van der Waals surface area (Å²) in [6.07, 6.45) is 3.45. The van der Waals surface area contributed by atoms with Gasteiger partial charge in [0.2, 0.25) is 0 Å². The van der Waals surface area contributed by atoms with Crippen LogP contribution in [0.15, 0.2) is 33.8 Å². The lowest BCUT2D eigenvalue weighted by Crippen LogP contribution is -2.48. The van der Waals surface area contributed by atoms with E-state index in [0.29, 0.717) is 24.9 Å². The highest BCUT2D eigenvalue weighted by Gasteiger charge is 2.28. The molecule has 170 valence electrons. The summed E-state index contributed by atoms with van der Waals surface area (Å²) in [6, 6.07) is 8.16. The number of hydrogen-bond donors (Lipinski definition) is 1. The molecule has 1 unspecified atom stereocenters. The number of nitrogens with zero attached hydrogens (tertiary/aromatic N) is 4. The lowest BCUT2D eigenvalue weighted by Gasteiger charge is -2.34. The zero-order valence-corrected chi connectivity index (χ0v) is 20.8. The third-order valence-electron chi connectivity index (χ3n) is 5.23. The summed E-state index contributed by atoms with van der Waals surface area (Å²) in [4.78, 5) is 23.0. The van der Waals surface area contributed by atoms with Crippen molar-refractivity contribution in [2.75, 3.05) is 33.3 Å². The summed E-state index contributed by atoms with van der Waals surface area (Å²) in [5, 5.41) is 7.36. The predicted molar refractivity (Wildman–Crippen MR) is 131 cm³/mol. The maximum atomic E-state index is 12.1. The molecule has 0 bridgehead atoms. The molecule has 1 saturated heterocycles. The van der Waals surface area contributed by atoms with E-state index in [-0.39, 0.29) is 35.9 Å². The second-order valence-corrected chi connectivity index (χ2v) is 7.33. The summed E-state index contributed by atoms with van der Waals surface area (Å²) in [7, 11) is 1.78. The van der Waals surface area contributed by atoms with Crippen molar-refractivity contribution in [3.63, 3.8) is 0 Å². The van der Waals surface area contributed by atoms with Gasteiger partial charge in [0.05, 0.1) is 12.5 Å². The number of rotatable bonds is 7.